The lowest BCUT2D eigenvalue weighted by Crippen LogP contribution is -2.21. The molecule has 1 N–H and O–H groups in total. The summed E-state index contributed by atoms with van der Waals surface area (Å²) in [6.07, 6.45) is 9.15. The van der Waals surface area contributed by atoms with Crippen LogP contribution in [-0.2, 0) is 24.2 Å². The maximum Gasteiger partial charge on any atom is 0.278 e. The first-order chi connectivity index (χ1) is 13.2. The molecule has 0 bridgehead atoms. The van der Waals surface area contributed by atoms with Crippen LogP contribution in [0.2, 0.25) is 0 Å². The van der Waals surface area contributed by atoms with Gasteiger partial charge < -0.3 is 14.6 Å². The highest BCUT2D eigenvalue weighted by Gasteiger charge is 2.24. The third-order valence-electron chi connectivity index (χ3n) is 5.72. The molecule has 2 aliphatic rings. The van der Waals surface area contributed by atoms with Crippen LogP contribution in [0.4, 0.5) is 5.69 Å². The lowest BCUT2D eigenvalue weighted by Gasteiger charge is -2.26. The number of benzene rings is 1. The van der Waals surface area contributed by atoms with Crippen molar-refractivity contribution in [2.75, 3.05) is 5.32 Å². The molecule has 0 radical (unpaired) electrons. The molecule has 1 fully saturated rings. The van der Waals surface area contributed by atoms with E-state index in [-0.39, 0.29) is 5.91 Å². The number of hydrogen-bond acceptors (Lipinski definition) is 4. The van der Waals surface area contributed by atoms with Crippen LogP contribution in [0.5, 0.6) is 0 Å². The largest absolute Gasteiger partial charge is 0.374 e. The standard InChI is InChI=1S/C22H28N2O3/c1-15-6-4-9-18(12-15)26-14-16-7-5-8-17(13-16)23-22(25)21-19-10-2-3-11-20(19)27-24-21/h5,7-8,13,15,18H,2-4,6,9-12,14H2,1H3,(H,23,25)/t15-,18-/m0/s1. The highest BCUT2D eigenvalue weighted by Crippen LogP contribution is 2.27. The molecule has 1 saturated carbocycles. The smallest absolute Gasteiger partial charge is 0.278 e. The SMILES string of the molecule is C[C@H]1CCC[C@H](OCc2cccc(NC(=O)c3noc4c3CCCC4)c2)C1. The number of hydrogen-bond donors (Lipinski definition) is 1. The second-order valence-corrected chi connectivity index (χ2v) is 8.00. The molecular formula is C22H28N2O3. The van der Waals surface area contributed by atoms with Crippen molar-refractivity contribution in [2.45, 2.75) is 71.0 Å². The number of rotatable bonds is 5. The maximum absolute atomic E-state index is 12.6. The van der Waals surface area contributed by atoms with Crippen molar-refractivity contribution in [3.8, 4) is 0 Å². The van der Waals surface area contributed by atoms with Gasteiger partial charge in [0.15, 0.2) is 5.69 Å². The van der Waals surface area contributed by atoms with Crippen LogP contribution >= 0.6 is 0 Å². The zero-order valence-corrected chi connectivity index (χ0v) is 16.0. The number of nitrogens with zero attached hydrogens (tertiary/aromatic N) is 1. The van der Waals surface area contributed by atoms with Crippen molar-refractivity contribution in [3.63, 3.8) is 0 Å². The Morgan fingerprint density at radius 3 is 3.04 bits per heavy atom. The molecule has 2 aromatic rings. The van der Waals surface area contributed by atoms with Crippen LogP contribution in [0.1, 0.15) is 72.8 Å². The van der Waals surface area contributed by atoms with Crippen molar-refractivity contribution in [1.82, 2.24) is 5.16 Å². The molecule has 1 aromatic heterocycles. The molecule has 1 aromatic carbocycles. The molecule has 144 valence electrons. The predicted molar refractivity (Wildman–Crippen MR) is 104 cm³/mol. The molecule has 2 aliphatic carbocycles. The maximum atomic E-state index is 12.6. The summed E-state index contributed by atoms with van der Waals surface area (Å²) in [5, 5.41) is 6.97. The Bertz CT molecular complexity index is 799. The minimum absolute atomic E-state index is 0.193. The summed E-state index contributed by atoms with van der Waals surface area (Å²) in [6, 6.07) is 7.88. The van der Waals surface area contributed by atoms with Gasteiger partial charge in [-0.15, -0.1) is 0 Å². The molecule has 5 nitrogen and oxygen atoms in total. The summed E-state index contributed by atoms with van der Waals surface area (Å²) < 4.78 is 11.5. The third-order valence-corrected chi connectivity index (χ3v) is 5.72. The molecule has 4 rings (SSSR count). The highest BCUT2D eigenvalue weighted by atomic mass is 16.5. The Hall–Kier alpha value is -2.14. The average molecular weight is 368 g/mol. The van der Waals surface area contributed by atoms with E-state index in [1.54, 1.807) is 0 Å². The third kappa shape index (κ3) is 4.41. The summed E-state index contributed by atoms with van der Waals surface area (Å²) in [7, 11) is 0. The first-order valence-corrected chi connectivity index (χ1v) is 10.2. The number of carbonyl (C=O) groups is 1. The Labute approximate surface area is 160 Å². The molecule has 1 heterocycles. The Morgan fingerprint density at radius 1 is 1.26 bits per heavy atom. The molecule has 0 spiro atoms. The second-order valence-electron chi connectivity index (χ2n) is 8.00. The predicted octanol–water partition coefficient (Wildman–Crippen LogP) is 4.90. The summed E-state index contributed by atoms with van der Waals surface area (Å²) in [5.74, 6) is 1.43. The minimum atomic E-state index is -0.193. The Balaban J connectivity index is 1.37. The van der Waals surface area contributed by atoms with Gasteiger partial charge in [0.1, 0.15) is 5.76 Å². The van der Waals surface area contributed by atoms with Crippen LogP contribution < -0.4 is 5.32 Å². The monoisotopic (exact) mass is 368 g/mol. The van der Waals surface area contributed by atoms with E-state index in [0.29, 0.717) is 18.4 Å². The fourth-order valence-electron chi connectivity index (χ4n) is 4.24. The molecule has 2 atom stereocenters. The van der Waals surface area contributed by atoms with Crippen molar-refractivity contribution < 1.29 is 14.1 Å². The van der Waals surface area contributed by atoms with E-state index in [0.717, 1.165) is 67.0 Å². The number of aryl methyl sites for hydroxylation is 1. The molecule has 27 heavy (non-hydrogen) atoms. The molecule has 0 aliphatic heterocycles. The lowest BCUT2D eigenvalue weighted by atomic mass is 9.89. The van der Waals surface area contributed by atoms with E-state index in [2.05, 4.69) is 17.4 Å². The van der Waals surface area contributed by atoms with Crippen LogP contribution in [0.25, 0.3) is 0 Å². The van der Waals surface area contributed by atoms with E-state index in [9.17, 15) is 4.79 Å². The number of nitrogens with one attached hydrogen (secondary N) is 1. The van der Waals surface area contributed by atoms with Gasteiger partial charge in [-0.1, -0.05) is 37.1 Å². The molecule has 0 saturated heterocycles. The van der Waals surface area contributed by atoms with Gasteiger partial charge in [-0.25, -0.2) is 0 Å². The van der Waals surface area contributed by atoms with Gasteiger partial charge in [0.2, 0.25) is 0 Å². The van der Waals surface area contributed by atoms with Crippen LogP contribution in [-0.4, -0.2) is 17.2 Å². The van der Waals surface area contributed by atoms with Crippen molar-refractivity contribution >= 4 is 11.6 Å². The van der Waals surface area contributed by atoms with E-state index >= 15 is 0 Å². The van der Waals surface area contributed by atoms with Gasteiger partial charge in [0, 0.05) is 17.7 Å². The summed E-state index contributed by atoms with van der Waals surface area (Å²) >= 11 is 0. The van der Waals surface area contributed by atoms with Crippen molar-refractivity contribution in [3.05, 3.63) is 46.8 Å². The van der Waals surface area contributed by atoms with Crippen LogP contribution in [0.15, 0.2) is 28.8 Å². The number of carbonyl (C=O) groups excluding carboxylic acids is 1. The number of aromatic nitrogens is 1. The van der Waals surface area contributed by atoms with E-state index < -0.39 is 0 Å². The number of anilines is 1. The first kappa shape index (κ1) is 18.2. The normalized spacial score (nSPS) is 22.3. The number of fused-ring (bicyclic) bond motifs is 1. The number of ether oxygens (including phenoxy) is 1. The molecule has 0 unspecified atom stereocenters. The van der Waals surface area contributed by atoms with Gasteiger partial charge in [-0.05, 0) is 55.7 Å². The summed E-state index contributed by atoms with van der Waals surface area (Å²) in [5.41, 5.74) is 3.26. The fraction of sp³-hybridized carbons (Fsp3) is 0.545. The molecular weight excluding hydrogens is 340 g/mol. The van der Waals surface area contributed by atoms with E-state index in [1.165, 1.54) is 12.8 Å². The van der Waals surface area contributed by atoms with Crippen LogP contribution in [0, 0.1) is 5.92 Å². The lowest BCUT2D eigenvalue weighted by molar-refractivity contribution is 0.00468. The van der Waals surface area contributed by atoms with Crippen LogP contribution in [0.3, 0.4) is 0 Å². The van der Waals surface area contributed by atoms with Gasteiger partial charge >= 0.3 is 0 Å². The zero-order chi connectivity index (χ0) is 18.6. The highest BCUT2D eigenvalue weighted by molar-refractivity contribution is 6.04. The van der Waals surface area contributed by atoms with Gasteiger partial charge in [-0.3, -0.25) is 4.79 Å². The van der Waals surface area contributed by atoms with Gasteiger partial charge in [0.05, 0.1) is 12.7 Å². The fourth-order valence-corrected chi connectivity index (χ4v) is 4.24. The minimum Gasteiger partial charge on any atom is -0.374 e. The van der Waals surface area contributed by atoms with Crippen molar-refractivity contribution in [2.24, 2.45) is 5.92 Å². The van der Waals surface area contributed by atoms with Gasteiger partial charge in [-0.2, -0.15) is 0 Å². The summed E-state index contributed by atoms with van der Waals surface area (Å²) in [6.45, 7) is 2.88. The average Bonchev–Trinajstić information content (AvgIpc) is 3.11. The molecule has 5 heteroatoms. The summed E-state index contributed by atoms with van der Waals surface area (Å²) in [4.78, 5) is 12.6. The number of amides is 1. The van der Waals surface area contributed by atoms with Gasteiger partial charge in [0.25, 0.3) is 5.91 Å². The van der Waals surface area contributed by atoms with E-state index in [4.69, 9.17) is 9.26 Å². The molecule has 1 amide bonds. The topological polar surface area (TPSA) is 64.4 Å². The quantitative estimate of drug-likeness (QED) is 0.815. The Kier molecular flexibility index (Phi) is 5.58. The Morgan fingerprint density at radius 2 is 2.15 bits per heavy atom. The second kappa shape index (κ2) is 8.26. The van der Waals surface area contributed by atoms with Crippen molar-refractivity contribution in [1.29, 1.82) is 0 Å². The zero-order valence-electron chi connectivity index (χ0n) is 16.0. The first-order valence-electron chi connectivity index (χ1n) is 10.2. The van der Waals surface area contributed by atoms with E-state index in [1.807, 2.05) is 24.3 Å².